The molecule has 34 heavy (non-hydrogen) atoms. The van der Waals surface area contributed by atoms with Gasteiger partial charge in [0.05, 0.1) is 6.10 Å². The maximum atomic E-state index is 17.3. The average molecular weight is 479 g/mol. The highest BCUT2D eigenvalue weighted by molar-refractivity contribution is 5.93. The van der Waals surface area contributed by atoms with Crippen LogP contribution in [0.15, 0.2) is 11.6 Å². The quantitative estimate of drug-likeness (QED) is 0.562. The summed E-state index contributed by atoms with van der Waals surface area (Å²) in [4.78, 5) is 38.2. The van der Waals surface area contributed by atoms with Crippen LogP contribution in [0.5, 0.6) is 0 Å². The maximum Gasteiger partial charge on any atom is 0.306 e. The molecule has 0 aromatic heterocycles. The van der Waals surface area contributed by atoms with Crippen LogP contribution in [-0.2, 0) is 19.1 Å². The molecule has 0 aromatic carbocycles. The molecule has 0 radical (unpaired) electrons. The summed E-state index contributed by atoms with van der Waals surface area (Å²) in [7, 11) is 0. The summed E-state index contributed by atoms with van der Waals surface area (Å²) in [5, 5.41) is 21.4. The molecule has 2 N–H and O–H groups in total. The van der Waals surface area contributed by atoms with E-state index in [1.165, 1.54) is 0 Å². The Morgan fingerprint density at radius 2 is 1.94 bits per heavy atom. The summed E-state index contributed by atoms with van der Waals surface area (Å²) >= 11 is 0. The van der Waals surface area contributed by atoms with Gasteiger partial charge in [-0.05, 0) is 50.5 Å². The van der Waals surface area contributed by atoms with Crippen molar-refractivity contribution in [1.29, 1.82) is 0 Å². The third-order valence-corrected chi connectivity index (χ3v) is 10.1. The van der Waals surface area contributed by atoms with Gasteiger partial charge in [0.2, 0.25) is 5.78 Å². The monoisotopic (exact) mass is 478 g/mol. The van der Waals surface area contributed by atoms with Crippen molar-refractivity contribution in [2.45, 2.75) is 103 Å². The SMILES string of the molecule is CCCCC(=O)O[C@]1(C(=O)CO)C(C)C[C@H]2[C@@H]3CCC4=CC(=O)CC[C@]4(C)[C@@]3(F)[C@@H](O)C[C@@]21C. The Morgan fingerprint density at radius 1 is 1.24 bits per heavy atom. The van der Waals surface area contributed by atoms with E-state index in [1.807, 2.05) is 27.7 Å². The van der Waals surface area contributed by atoms with Crippen LogP contribution in [0.2, 0.25) is 0 Å². The Balaban J connectivity index is 1.79. The van der Waals surface area contributed by atoms with Gasteiger partial charge in [-0.3, -0.25) is 14.4 Å². The van der Waals surface area contributed by atoms with E-state index in [0.717, 1.165) is 12.0 Å². The number of carbonyl (C=O) groups is 3. The number of Topliss-reactive ketones (excluding diaryl/α,β-unsaturated/α-hetero) is 1. The van der Waals surface area contributed by atoms with Gasteiger partial charge in [-0.25, -0.2) is 4.39 Å². The lowest BCUT2D eigenvalue weighted by Crippen LogP contribution is -2.70. The molecule has 4 aliphatic rings. The molecule has 0 bridgehead atoms. The normalized spacial score (nSPS) is 45.6. The van der Waals surface area contributed by atoms with Gasteiger partial charge in [-0.15, -0.1) is 0 Å². The average Bonchev–Trinajstić information content (AvgIpc) is 3.00. The van der Waals surface area contributed by atoms with E-state index < -0.39 is 58.4 Å². The third kappa shape index (κ3) is 3.15. The summed E-state index contributed by atoms with van der Waals surface area (Å²) in [5.41, 5.74) is -4.71. The number of halogens is 1. The molecule has 3 saturated carbocycles. The molecule has 8 atom stereocenters. The van der Waals surface area contributed by atoms with E-state index in [4.69, 9.17) is 4.74 Å². The topological polar surface area (TPSA) is 101 Å². The summed E-state index contributed by atoms with van der Waals surface area (Å²) in [6.45, 7) is 6.69. The molecular formula is C27H39FO6. The molecule has 3 fully saturated rings. The van der Waals surface area contributed by atoms with Crippen molar-refractivity contribution in [2.24, 2.45) is 28.6 Å². The number of ether oxygens (including phenoxy) is 1. The molecule has 4 rings (SSSR count). The predicted molar refractivity (Wildman–Crippen MR) is 123 cm³/mol. The fourth-order valence-corrected chi connectivity index (χ4v) is 8.43. The number of unbranched alkanes of at least 4 members (excludes halogenated alkanes) is 1. The van der Waals surface area contributed by atoms with E-state index in [2.05, 4.69) is 0 Å². The van der Waals surface area contributed by atoms with Crippen LogP contribution in [-0.4, -0.2) is 51.7 Å². The summed E-state index contributed by atoms with van der Waals surface area (Å²) < 4.78 is 23.3. The van der Waals surface area contributed by atoms with E-state index in [9.17, 15) is 24.6 Å². The van der Waals surface area contributed by atoms with Crippen molar-refractivity contribution in [1.82, 2.24) is 0 Å². The first kappa shape index (κ1) is 25.5. The van der Waals surface area contributed by atoms with Crippen LogP contribution >= 0.6 is 0 Å². The number of esters is 1. The predicted octanol–water partition coefficient (Wildman–Crippen LogP) is 3.86. The number of rotatable bonds is 6. The summed E-state index contributed by atoms with van der Waals surface area (Å²) in [6.07, 6.45) is 3.86. The number of ketones is 2. The zero-order valence-corrected chi connectivity index (χ0v) is 20.9. The van der Waals surface area contributed by atoms with E-state index in [-0.39, 0.29) is 31.0 Å². The lowest BCUT2D eigenvalue weighted by Gasteiger charge is -2.63. The van der Waals surface area contributed by atoms with Crippen molar-refractivity contribution >= 4 is 17.5 Å². The van der Waals surface area contributed by atoms with Gasteiger partial charge in [-0.2, -0.15) is 0 Å². The highest BCUT2D eigenvalue weighted by atomic mass is 19.1. The highest BCUT2D eigenvalue weighted by Crippen LogP contribution is 2.71. The smallest absolute Gasteiger partial charge is 0.306 e. The fraction of sp³-hybridized carbons (Fsp3) is 0.815. The largest absolute Gasteiger partial charge is 0.450 e. The number of hydrogen-bond donors (Lipinski definition) is 2. The Labute approximate surface area is 201 Å². The zero-order chi connectivity index (χ0) is 25.1. The molecule has 0 heterocycles. The first-order chi connectivity index (χ1) is 15.9. The number of hydrogen-bond acceptors (Lipinski definition) is 6. The minimum atomic E-state index is -1.94. The molecule has 190 valence electrons. The van der Waals surface area contributed by atoms with Crippen LogP contribution in [0, 0.1) is 28.6 Å². The van der Waals surface area contributed by atoms with Crippen LogP contribution < -0.4 is 0 Å². The number of allylic oxidation sites excluding steroid dienone is 1. The minimum absolute atomic E-state index is 0.00528. The second-order valence-electron chi connectivity index (χ2n) is 11.7. The third-order valence-electron chi connectivity index (χ3n) is 10.1. The van der Waals surface area contributed by atoms with Gasteiger partial charge in [0.1, 0.15) is 12.3 Å². The van der Waals surface area contributed by atoms with Gasteiger partial charge in [-0.1, -0.05) is 39.7 Å². The van der Waals surface area contributed by atoms with E-state index in [1.54, 1.807) is 6.08 Å². The lowest BCUT2D eigenvalue weighted by molar-refractivity contribution is -0.235. The van der Waals surface area contributed by atoms with Crippen molar-refractivity contribution in [3.63, 3.8) is 0 Å². The molecule has 0 saturated heterocycles. The van der Waals surface area contributed by atoms with Crippen LogP contribution in [0.1, 0.15) is 85.5 Å². The van der Waals surface area contributed by atoms with Gasteiger partial charge < -0.3 is 14.9 Å². The van der Waals surface area contributed by atoms with E-state index >= 15 is 4.39 Å². The second-order valence-corrected chi connectivity index (χ2v) is 11.7. The Bertz CT molecular complexity index is 915. The molecule has 4 aliphatic carbocycles. The first-order valence-electron chi connectivity index (χ1n) is 12.9. The second kappa shape index (κ2) is 8.51. The number of aliphatic hydroxyl groups excluding tert-OH is 2. The van der Waals surface area contributed by atoms with E-state index in [0.29, 0.717) is 32.1 Å². The van der Waals surface area contributed by atoms with Crippen molar-refractivity contribution < 1.29 is 33.7 Å². The first-order valence-corrected chi connectivity index (χ1v) is 12.9. The number of aliphatic hydroxyl groups is 2. The summed E-state index contributed by atoms with van der Waals surface area (Å²) in [5.74, 6) is -2.32. The minimum Gasteiger partial charge on any atom is -0.450 e. The molecule has 7 heteroatoms. The molecule has 6 nitrogen and oxygen atoms in total. The van der Waals surface area contributed by atoms with Gasteiger partial charge in [0, 0.05) is 35.5 Å². The zero-order valence-electron chi connectivity index (χ0n) is 20.9. The molecule has 0 aromatic rings. The molecule has 0 aliphatic heterocycles. The van der Waals surface area contributed by atoms with Gasteiger partial charge >= 0.3 is 5.97 Å². The number of fused-ring (bicyclic) bond motifs is 5. The van der Waals surface area contributed by atoms with Crippen molar-refractivity contribution in [3.8, 4) is 0 Å². The van der Waals surface area contributed by atoms with Crippen LogP contribution in [0.25, 0.3) is 0 Å². The Kier molecular flexibility index (Phi) is 6.38. The standard InChI is InChI=1S/C27H39FO6/c1-5-6-7-23(33)34-27(22(32)15-29)16(2)12-20-19-9-8-17-13-18(30)10-11-24(17,3)26(19,28)21(31)14-25(20,27)4/h13,16,19-21,29,31H,5-12,14-15H2,1-4H3/t16?,19-,20-,21-,24-,25-,26-,27-/m0/s1. The molecule has 0 amide bonds. The Hall–Kier alpha value is -1.60. The van der Waals surface area contributed by atoms with Gasteiger partial charge in [0.25, 0.3) is 0 Å². The van der Waals surface area contributed by atoms with Crippen molar-refractivity contribution in [2.75, 3.05) is 6.61 Å². The number of alkyl halides is 1. The molecular weight excluding hydrogens is 439 g/mol. The van der Waals surface area contributed by atoms with Crippen LogP contribution in [0.3, 0.4) is 0 Å². The van der Waals surface area contributed by atoms with Crippen LogP contribution in [0.4, 0.5) is 4.39 Å². The fourth-order valence-electron chi connectivity index (χ4n) is 8.43. The summed E-state index contributed by atoms with van der Waals surface area (Å²) in [6, 6.07) is 0. The molecule has 1 unspecified atom stereocenters. The lowest BCUT2D eigenvalue weighted by atomic mass is 9.43. The Morgan fingerprint density at radius 3 is 2.59 bits per heavy atom. The highest BCUT2D eigenvalue weighted by Gasteiger charge is 2.77. The van der Waals surface area contributed by atoms with Crippen molar-refractivity contribution in [3.05, 3.63) is 11.6 Å². The number of carbonyl (C=O) groups excluding carboxylic acids is 3. The molecule has 0 spiro atoms. The maximum absolute atomic E-state index is 17.3. The van der Waals surface area contributed by atoms with Gasteiger partial charge in [0.15, 0.2) is 11.4 Å².